The lowest BCUT2D eigenvalue weighted by atomic mass is 10.1. The number of aryl methyl sites for hydroxylation is 1. The number of hydrogen-bond donors (Lipinski definition) is 1. The van der Waals surface area contributed by atoms with E-state index in [9.17, 15) is 0 Å². The number of hydrogen-bond acceptors (Lipinski definition) is 3. The van der Waals surface area contributed by atoms with Crippen LogP contribution in [0.2, 0.25) is 0 Å². The van der Waals surface area contributed by atoms with Crippen LogP contribution in [0.25, 0.3) is 0 Å². The fraction of sp³-hybridized carbons (Fsp3) is 0.500. The van der Waals surface area contributed by atoms with Crippen molar-refractivity contribution in [2.24, 2.45) is 0 Å². The van der Waals surface area contributed by atoms with Crippen molar-refractivity contribution >= 4 is 0 Å². The molecule has 0 saturated carbocycles. The second kappa shape index (κ2) is 7.20. The number of nitrogens with zero attached hydrogens (tertiary/aromatic N) is 3. The molecule has 0 radical (unpaired) electrons. The van der Waals surface area contributed by atoms with E-state index < -0.39 is 0 Å². The van der Waals surface area contributed by atoms with Crippen LogP contribution in [0, 0.1) is 6.92 Å². The summed E-state index contributed by atoms with van der Waals surface area (Å²) in [5.74, 6) is 0. The largest absolute Gasteiger partial charge is 0.307 e. The zero-order valence-corrected chi connectivity index (χ0v) is 12.6. The van der Waals surface area contributed by atoms with Gasteiger partial charge < -0.3 is 5.32 Å². The van der Waals surface area contributed by atoms with Gasteiger partial charge in [-0.05, 0) is 43.0 Å². The molecule has 20 heavy (non-hydrogen) atoms. The zero-order chi connectivity index (χ0) is 14.4. The van der Waals surface area contributed by atoms with Crippen molar-refractivity contribution in [1.29, 1.82) is 0 Å². The molecule has 0 saturated heterocycles. The second-order valence-corrected chi connectivity index (χ2v) is 5.16. The van der Waals surface area contributed by atoms with Crippen molar-refractivity contribution in [2.45, 2.75) is 52.7 Å². The van der Waals surface area contributed by atoms with Gasteiger partial charge in [0, 0.05) is 31.7 Å². The Morgan fingerprint density at radius 1 is 1.20 bits per heavy atom. The van der Waals surface area contributed by atoms with Gasteiger partial charge in [-0.1, -0.05) is 13.8 Å². The molecule has 0 aliphatic carbocycles. The van der Waals surface area contributed by atoms with Gasteiger partial charge in [0.2, 0.25) is 0 Å². The molecule has 108 valence electrons. The van der Waals surface area contributed by atoms with E-state index in [0.717, 1.165) is 31.6 Å². The molecule has 0 atom stereocenters. The van der Waals surface area contributed by atoms with Crippen LogP contribution in [0.3, 0.4) is 0 Å². The molecule has 0 aliphatic rings. The molecule has 0 fully saturated rings. The summed E-state index contributed by atoms with van der Waals surface area (Å²) >= 11 is 0. The molecular weight excluding hydrogens is 248 g/mol. The Balaban J connectivity index is 1.87. The van der Waals surface area contributed by atoms with E-state index in [1.165, 1.54) is 11.1 Å². The minimum atomic E-state index is 0.520. The Hall–Kier alpha value is -1.68. The van der Waals surface area contributed by atoms with Crippen molar-refractivity contribution in [2.75, 3.05) is 0 Å². The molecule has 1 N–H and O–H groups in total. The number of nitrogens with one attached hydrogen (secondary N) is 1. The van der Waals surface area contributed by atoms with Gasteiger partial charge in [0.15, 0.2) is 0 Å². The Morgan fingerprint density at radius 2 is 2.00 bits per heavy atom. The van der Waals surface area contributed by atoms with Crippen molar-refractivity contribution in [3.8, 4) is 0 Å². The predicted molar refractivity (Wildman–Crippen MR) is 81.4 cm³/mol. The third-order valence-electron chi connectivity index (χ3n) is 3.74. The van der Waals surface area contributed by atoms with Crippen LogP contribution in [0.5, 0.6) is 0 Å². The molecular formula is C16H24N4. The minimum absolute atomic E-state index is 0.520. The van der Waals surface area contributed by atoms with Crippen LogP contribution < -0.4 is 5.32 Å². The van der Waals surface area contributed by atoms with Crippen molar-refractivity contribution < 1.29 is 0 Å². The van der Waals surface area contributed by atoms with Gasteiger partial charge in [-0.3, -0.25) is 9.67 Å². The van der Waals surface area contributed by atoms with Crippen molar-refractivity contribution in [1.82, 2.24) is 20.1 Å². The summed E-state index contributed by atoms with van der Waals surface area (Å²) in [6, 6.07) is 4.68. The van der Waals surface area contributed by atoms with E-state index in [4.69, 9.17) is 0 Å². The third kappa shape index (κ3) is 3.67. The van der Waals surface area contributed by atoms with Crippen LogP contribution in [0.4, 0.5) is 0 Å². The van der Waals surface area contributed by atoms with Crippen LogP contribution in [0.15, 0.2) is 30.7 Å². The highest BCUT2D eigenvalue weighted by molar-refractivity contribution is 5.21. The molecule has 0 amide bonds. The first-order valence-corrected chi connectivity index (χ1v) is 7.38. The molecule has 0 spiro atoms. The zero-order valence-electron chi connectivity index (χ0n) is 12.6. The van der Waals surface area contributed by atoms with Crippen LogP contribution in [0.1, 0.15) is 49.6 Å². The van der Waals surface area contributed by atoms with Crippen LogP contribution in [-0.4, -0.2) is 14.8 Å². The molecule has 2 rings (SSSR count). The molecule has 2 heterocycles. The van der Waals surface area contributed by atoms with E-state index in [1.807, 2.05) is 12.4 Å². The molecule has 4 nitrogen and oxygen atoms in total. The van der Waals surface area contributed by atoms with Gasteiger partial charge in [-0.15, -0.1) is 0 Å². The van der Waals surface area contributed by atoms with Gasteiger partial charge >= 0.3 is 0 Å². The molecule has 2 aromatic rings. The fourth-order valence-electron chi connectivity index (χ4n) is 2.36. The monoisotopic (exact) mass is 272 g/mol. The van der Waals surface area contributed by atoms with E-state index in [0.29, 0.717) is 6.04 Å². The van der Waals surface area contributed by atoms with Crippen LogP contribution in [-0.2, 0) is 13.1 Å². The molecule has 0 bridgehead atoms. The lowest BCUT2D eigenvalue weighted by Gasteiger charge is -2.12. The normalized spacial score (nSPS) is 11.2. The Bertz CT molecular complexity index is 529. The summed E-state index contributed by atoms with van der Waals surface area (Å²) in [4.78, 5) is 4.11. The number of aromatic nitrogens is 3. The fourth-order valence-corrected chi connectivity index (χ4v) is 2.36. The molecule has 4 heteroatoms. The van der Waals surface area contributed by atoms with Gasteiger partial charge in [0.1, 0.15) is 0 Å². The highest BCUT2D eigenvalue weighted by atomic mass is 15.3. The number of pyridine rings is 1. The van der Waals surface area contributed by atoms with E-state index >= 15 is 0 Å². The van der Waals surface area contributed by atoms with E-state index in [2.05, 4.69) is 59.2 Å². The van der Waals surface area contributed by atoms with Crippen molar-refractivity contribution in [3.05, 3.63) is 47.5 Å². The maximum atomic E-state index is 4.65. The number of rotatable bonds is 7. The maximum Gasteiger partial charge on any atom is 0.0762 e. The van der Waals surface area contributed by atoms with Crippen molar-refractivity contribution in [3.63, 3.8) is 0 Å². The minimum Gasteiger partial charge on any atom is -0.307 e. The van der Waals surface area contributed by atoms with Gasteiger partial charge in [0.25, 0.3) is 0 Å². The standard InChI is InChI=1S/C16H24N4/c1-4-16(5-2)20-9-7-15(19-20)12-18-11-14-6-8-17-10-13(14)3/h6-10,16,18H,4-5,11-12H2,1-3H3. The third-order valence-corrected chi connectivity index (χ3v) is 3.74. The van der Waals surface area contributed by atoms with Gasteiger partial charge in [-0.25, -0.2) is 0 Å². The van der Waals surface area contributed by atoms with Gasteiger partial charge in [0.05, 0.1) is 11.7 Å². The topological polar surface area (TPSA) is 42.7 Å². The Kier molecular flexibility index (Phi) is 5.30. The lowest BCUT2D eigenvalue weighted by molar-refractivity contribution is 0.424. The van der Waals surface area contributed by atoms with E-state index in [1.54, 1.807) is 0 Å². The summed E-state index contributed by atoms with van der Waals surface area (Å²) in [5.41, 5.74) is 3.62. The first-order chi connectivity index (χ1) is 9.74. The highest BCUT2D eigenvalue weighted by Crippen LogP contribution is 2.14. The van der Waals surface area contributed by atoms with E-state index in [-0.39, 0.29) is 0 Å². The molecule has 0 unspecified atom stereocenters. The summed E-state index contributed by atoms with van der Waals surface area (Å²) < 4.78 is 2.09. The Labute approximate surface area is 121 Å². The average molecular weight is 272 g/mol. The van der Waals surface area contributed by atoms with Crippen LogP contribution >= 0.6 is 0 Å². The first kappa shape index (κ1) is 14.7. The summed E-state index contributed by atoms with van der Waals surface area (Å²) in [6.45, 7) is 8.16. The predicted octanol–water partition coefficient (Wildman–Crippen LogP) is 3.24. The first-order valence-electron chi connectivity index (χ1n) is 7.38. The summed E-state index contributed by atoms with van der Waals surface area (Å²) in [6.07, 6.45) is 8.08. The summed E-state index contributed by atoms with van der Waals surface area (Å²) in [5, 5.41) is 8.09. The lowest BCUT2D eigenvalue weighted by Crippen LogP contribution is -2.15. The Morgan fingerprint density at radius 3 is 2.70 bits per heavy atom. The molecule has 0 aromatic carbocycles. The SMILES string of the molecule is CCC(CC)n1ccc(CNCc2ccncc2C)n1. The van der Waals surface area contributed by atoms with Gasteiger partial charge in [-0.2, -0.15) is 5.10 Å². The maximum absolute atomic E-state index is 4.65. The smallest absolute Gasteiger partial charge is 0.0762 e. The summed E-state index contributed by atoms with van der Waals surface area (Å²) in [7, 11) is 0. The second-order valence-electron chi connectivity index (χ2n) is 5.16. The molecule has 0 aliphatic heterocycles. The highest BCUT2D eigenvalue weighted by Gasteiger charge is 2.07. The quantitative estimate of drug-likeness (QED) is 0.841. The molecule has 2 aromatic heterocycles. The average Bonchev–Trinajstić information content (AvgIpc) is 2.91.